The van der Waals surface area contributed by atoms with E-state index in [1.807, 2.05) is 24.3 Å². The topological polar surface area (TPSA) is 95.5 Å². The van der Waals surface area contributed by atoms with Gasteiger partial charge in [-0.15, -0.1) is 11.3 Å². The van der Waals surface area contributed by atoms with Crippen molar-refractivity contribution in [1.29, 1.82) is 0 Å². The van der Waals surface area contributed by atoms with Crippen molar-refractivity contribution in [3.63, 3.8) is 0 Å². The van der Waals surface area contributed by atoms with Crippen LogP contribution in [0.15, 0.2) is 24.3 Å². The minimum atomic E-state index is -0.776. The van der Waals surface area contributed by atoms with Gasteiger partial charge >= 0.3 is 5.97 Å². The van der Waals surface area contributed by atoms with Crippen molar-refractivity contribution in [2.45, 2.75) is 31.7 Å². The molecule has 1 saturated carbocycles. The number of halogens is 1. The second-order valence-corrected chi connectivity index (χ2v) is 7.81. The van der Waals surface area contributed by atoms with E-state index >= 15 is 0 Å². The van der Waals surface area contributed by atoms with Crippen LogP contribution in [0.2, 0.25) is 5.02 Å². The molecule has 26 heavy (non-hydrogen) atoms. The number of carbonyl (C=O) groups excluding carboxylic acids is 2. The van der Waals surface area contributed by atoms with Crippen molar-refractivity contribution in [2.75, 3.05) is 6.54 Å². The summed E-state index contributed by atoms with van der Waals surface area (Å²) in [4.78, 5) is 35.7. The zero-order valence-corrected chi connectivity index (χ0v) is 15.5. The summed E-state index contributed by atoms with van der Waals surface area (Å²) in [6, 6.07) is 7.44. The average molecular weight is 395 g/mol. The Hall–Kier alpha value is -2.12. The molecule has 1 aromatic carbocycles. The van der Waals surface area contributed by atoms with Crippen molar-refractivity contribution in [3.05, 3.63) is 34.2 Å². The molecular weight excluding hydrogens is 376 g/mol. The largest absolute Gasteiger partial charge is 0.481 e. The van der Waals surface area contributed by atoms with Gasteiger partial charge < -0.3 is 15.7 Å². The molecule has 3 N–H and O–H groups in total. The standard InChI is InChI=1S/C18H19ClN2O4S/c19-15-12-3-1-2-4-13(12)26-16(15)17(23)20-9-14(22)21-11-7-5-10(6-8-11)18(24)25/h1-4,10-11H,5-9H2,(H,20,23)(H,21,22)(H,24,25). The average Bonchev–Trinajstić information content (AvgIpc) is 2.97. The van der Waals surface area contributed by atoms with Crippen molar-refractivity contribution < 1.29 is 19.5 Å². The number of hydrogen-bond acceptors (Lipinski definition) is 4. The summed E-state index contributed by atoms with van der Waals surface area (Å²) >= 11 is 7.55. The third-order valence-electron chi connectivity index (χ3n) is 4.59. The molecule has 0 aliphatic heterocycles. The predicted octanol–water partition coefficient (Wildman–Crippen LogP) is 3.04. The first-order valence-electron chi connectivity index (χ1n) is 8.43. The molecule has 8 heteroatoms. The minimum absolute atomic E-state index is 0.0390. The Morgan fingerprint density at radius 3 is 2.50 bits per heavy atom. The fourth-order valence-electron chi connectivity index (χ4n) is 3.16. The van der Waals surface area contributed by atoms with Crippen LogP contribution < -0.4 is 10.6 Å². The van der Waals surface area contributed by atoms with E-state index in [0.717, 1.165) is 10.1 Å². The van der Waals surface area contributed by atoms with Crippen molar-refractivity contribution >= 4 is 50.8 Å². The molecule has 0 atom stereocenters. The first-order chi connectivity index (χ1) is 12.5. The molecule has 0 unspecified atom stereocenters. The van der Waals surface area contributed by atoms with Gasteiger partial charge in [-0.25, -0.2) is 0 Å². The van der Waals surface area contributed by atoms with Gasteiger partial charge in [0.1, 0.15) is 4.88 Å². The summed E-state index contributed by atoms with van der Waals surface area (Å²) in [5.41, 5.74) is 0. The lowest BCUT2D eigenvalue weighted by Crippen LogP contribution is -2.43. The smallest absolute Gasteiger partial charge is 0.306 e. The number of benzene rings is 1. The van der Waals surface area contributed by atoms with Crippen molar-refractivity contribution in [3.8, 4) is 0 Å². The summed E-state index contributed by atoms with van der Waals surface area (Å²) in [5, 5.41) is 15.7. The summed E-state index contributed by atoms with van der Waals surface area (Å²) in [6.45, 7) is -0.137. The summed E-state index contributed by atoms with van der Waals surface area (Å²) in [5.74, 6) is -1.75. The third kappa shape index (κ3) is 4.16. The van der Waals surface area contributed by atoms with Crippen molar-refractivity contribution in [2.24, 2.45) is 5.92 Å². The molecule has 0 saturated heterocycles. The number of carbonyl (C=O) groups is 3. The maximum absolute atomic E-state index is 12.3. The monoisotopic (exact) mass is 394 g/mol. The van der Waals surface area contributed by atoms with E-state index in [1.54, 1.807) is 0 Å². The minimum Gasteiger partial charge on any atom is -0.481 e. The lowest BCUT2D eigenvalue weighted by molar-refractivity contribution is -0.142. The Morgan fingerprint density at radius 1 is 1.15 bits per heavy atom. The first kappa shape index (κ1) is 18.7. The second kappa shape index (κ2) is 8.05. The summed E-state index contributed by atoms with van der Waals surface area (Å²) in [6.07, 6.45) is 2.39. The van der Waals surface area contributed by atoms with Gasteiger partial charge in [0.15, 0.2) is 0 Å². The lowest BCUT2D eigenvalue weighted by Gasteiger charge is -2.26. The van der Waals surface area contributed by atoms with Gasteiger partial charge in [0, 0.05) is 16.1 Å². The van der Waals surface area contributed by atoms with E-state index in [9.17, 15) is 14.4 Å². The fraction of sp³-hybridized carbons (Fsp3) is 0.389. The molecule has 2 amide bonds. The zero-order chi connectivity index (χ0) is 18.7. The third-order valence-corrected chi connectivity index (χ3v) is 6.27. The van der Waals surface area contributed by atoms with Crippen LogP contribution in [0.5, 0.6) is 0 Å². The van der Waals surface area contributed by atoms with Gasteiger partial charge in [0.2, 0.25) is 5.91 Å². The highest BCUT2D eigenvalue weighted by Gasteiger charge is 2.26. The first-order valence-corrected chi connectivity index (χ1v) is 9.62. The Bertz CT molecular complexity index is 843. The van der Waals surface area contributed by atoms with Crippen LogP contribution in [-0.2, 0) is 9.59 Å². The normalized spacial score (nSPS) is 19.9. The molecule has 2 aromatic rings. The Labute approximate surface area is 159 Å². The Balaban J connectivity index is 1.50. The van der Waals surface area contributed by atoms with E-state index in [4.69, 9.17) is 16.7 Å². The molecule has 3 rings (SSSR count). The SMILES string of the molecule is O=C(CNC(=O)c1sc2ccccc2c1Cl)NC1CCC(C(=O)O)CC1. The van der Waals surface area contributed by atoms with Crippen LogP contribution in [0.25, 0.3) is 10.1 Å². The quantitative estimate of drug-likeness (QED) is 0.726. The van der Waals surface area contributed by atoms with Gasteiger partial charge in [0.25, 0.3) is 5.91 Å². The predicted molar refractivity (Wildman–Crippen MR) is 101 cm³/mol. The number of rotatable bonds is 5. The molecule has 0 radical (unpaired) electrons. The van der Waals surface area contributed by atoms with Gasteiger partial charge in [0.05, 0.1) is 17.5 Å². The molecule has 1 aliphatic carbocycles. The molecule has 1 aromatic heterocycles. The molecule has 1 heterocycles. The maximum Gasteiger partial charge on any atom is 0.306 e. The van der Waals surface area contributed by atoms with Gasteiger partial charge in [-0.05, 0) is 31.7 Å². The van der Waals surface area contributed by atoms with Crippen LogP contribution in [0, 0.1) is 5.92 Å². The van der Waals surface area contributed by atoms with Gasteiger partial charge in [-0.2, -0.15) is 0 Å². The van der Waals surface area contributed by atoms with Crippen LogP contribution >= 0.6 is 22.9 Å². The van der Waals surface area contributed by atoms with Crippen molar-refractivity contribution in [1.82, 2.24) is 10.6 Å². The number of fused-ring (bicyclic) bond motifs is 1. The van der Waals surface area contributed by atoms with Crippen LogP contribution in [-0.4, -0.2) is 35.5 Å². The highest BCUT2D eigenvalue weighted by Crippen LogP contribution is 2.34. The summed E-state index contributed by atoms with van der Waals surface area (Å²) < 4.78 is 0.919. The number of carboxylic acids is 1. The molecule has 1 aliphatic rings. The summed E-state index contributed by atoms with van der Waals surface area (Å²) in [7, 11) is 0. The maximum atomic E-state index is 12.3. The lowest BCUT2D eigenvalue weighted by atomic mass is 9.86. The highest BCUT2D eigenvalue weighted by atomic mass is 35.5. The number of nitrogens with one attached hydrogen (secondary N) is 2. The van der Waals surface area contributed by atoms with Crippen LogP contribution in [0.3, 0.4) is 0 Å². The number of hydrogen-bond donors (Lipinski definition) is 3. The van der Waals surface area contributed by atoms with Crippen LogP contribution in [0.4, 0.5) is 0 Å². The Morgan fingerprint density at radius 2 is 1.85 bits per heavy atom. The number of aliphatic carboxylic acids is 1. The Kier molecular flexibility index (Phi) is 5.78. The van der Waals surface area contributed by atoms with E-state index in [2.05, 4.69) is 10.6 Å². The van der Waals surface area contributed by atoms with E-state index < -0.39 is 5.97 Å². The van der Waals surface area contributed by atoms with E-state index in [0.29, 0.717) is 35.6 Å². The molecule has 0 bridgehead atoms. The molecular formula is C18H19ClN2O4S. The molecule has 0 spiro atoms. The molecule has 6 nitrogen and oxygen atoms in total. The zero-order valence-electron chi connectivity index (χ0n) is 14.0. The highest BCUT2D eigenvalue weighted by molar-refractivity contribution is 7.21. The molecule has 138 valence electrons. The van der Waals surface area contributed by atoms with E-state index in [1.165, 1.54) is 11.3 Å². The fourth-order valence-corrected chi connectivity index (χ4v) is 4.60. The number of amides is 2. The molecule has 1 fully saturated rings. The van der Waals surface area contributed by atoms with Crippen LogP contribution in [0.1, 0.15) is 35.4 Å². The number of carboxylic acid groups (broad SMARTS) is 1. The second-order valence-electron chi connectivity index (χ2n) is 6.38. The number of thiophene rings is 1. The van der Waals surface area contributed by atoms with E-state index in [-0.39, 0.29) is 30.3 Å². The van der Waals surface area contributed by atoms with Gasteiger partial charge in [-0.3, -0.25) is 14.4 Å². The van der Waals surface area contributed by atoms with Gasteiger partial charge in [-0.1, -0.05) is 29.8 Å².